The average Bonchev–Trinajstić information content (AvgIpc) is 2.52. The van der Waals surface area contributed by atoms with E-state index in [-0.39, 0.29) is 0 Å². The van der Waals surface area contributed by atoms with Crippen LogP contribution in [0, 0.1) is 11.3 Å². The molecule has 0 saturated carbocycles. The molecule has 1 aromatic carbocycles. The van der Waals surface area contributed by atoms with Gasteiger partial charge in [-0.2, -0.15) is 5.26 Å². The Morgan fingerprint density at radius 1 is 1.25 bits per heavy atom. The van der Waals surface area contributed by atoms with E-state index in [2.05, 4.69) is 11.1 Å². The Bertz CT molecular complexity index is 650. The van der Waals surface area contributed by atoms with Crippen LogP contribution in [0.3, 0.4) is 0 Å². The summed E-state index contributed by atoms with van der Waals surface area (Å²) in [5, 5.41) is 8.90. The molecule has 98 valence electrons. The van der Waals surface area contributed by atoms with Crippen molar-refractivity contribution in [3.63, 3.8) is 0 Å². The number of nitriles is 1. The molecular formula is C17H14N2O. The highest BCUT2D eigenvalue weighted by Crippen LogP contribution is 2.20. The molecule has 3 heteroatoms. The number of nitrogens with zero attached hydrogens (tertiary/aromatic N) is 2. The molecule has 0 aliphatic heterocycles. The molecule has 0 spiro atoms. The zero-order chi connectivity index (χ0) is 14.2. The molecule has 0 unspecified atom stereocenters. The van der Waals surface area contributed by atoms with E-state index in [1.165, 1.54) is 6.08 Å². The molecule has 1 aromatic heterocycles. The smallest absolute Gasteiger partial charge is 0.118 e. The molecule has 2 rings (SSSR count). The predicted octanol–water partition coefficient (Wildman–Crippen LogP) is 3.71. The summed E-state index contributed by atoms with van der Waals surface area (Å²) in [7, 11) is 1.63. The van der Waals surface area contributed by atoms with Crippen molar-refractivity contribution in [2.45, 2.75) is 0 Å². The van der Waals surface area contributed by atoms with Crippen molar-refractivity contribution >= 4 is 11.6 Å². The van der Waals surface area contributed by atoms with Gasteiger partial charge in [0.25, 0.3) is 0 Å². The van der Waals surface area contributed by atoms with Crippen LogP contribution < -0.4 is 4.74 Å². The number of allylic oxidation sites excluding steroid dienone is 3. The number of pyridine rings is 1. The minimum absolute atomic E-state index is 0.793. The Hall–Kier alpha value is -2.86. The largest absolute Gasteiger partial charge is 0.497 e. The van der Waals surface area contributed by atoms with Crippen molar-refractivity contribution in [1.29, 1.82) is 5.26 Å². The SMILES string of the molecule is COc1ccc(C(=C\C#N)/C=C/c2cccnc2)cc1. The van der Waals surface area contributed by atoms with Gasteiger partial charge >= 0.3 is 0 Å². The maximum Gasteiger partial charge on any atom is 0.118 e. The lowest BCUT2D eigenvalue weighted by molar-refractivity contribution is 0.415. The van der Waals surface area contributed by atoms with Crippen molar-refractivity contribution in [3.05, 3.63) is 72.1 Å². The summed E-state index contributed by atoms with van der Waals surface area (Å²) in [6.07, 6.45) is 8.86. The molecule has 20 heavy (non-hydrogen) atoms. The van der Waals surface area contributed by atoms with Crippen molar-refractivity contribution in [2.24, 2.45) is 0 Å². The molecule has 0 saturated heterocycles. The normalized spacial score (nSPS) is 11.3. The van der Waals surface area contributed by atoms with Crippen molar-refractivity contribution in [2.75, 3.05) is 7.11 Å². The van der Waals surface area contributed by atoms with Crippen LogP contribution in [0.4, 0.5) is 0 Å². The van der Waals surface area contributed by atoms with Gasteiger partial charge in [-0.15, -0.1) is 0 Å². The quantitative estimate of drug-likeness (QED) is 0.623. The maximum absolute atomic E-state index is 8.90. The summed E-state index contributed by atoms with van der Waals surface area (Å²) in [4.78, 5) is 4.05. The van der Waals surface area contributed by atoms with Gasteiger partial charge in [-0.3, -0.25) is 4.98 Å². The van der Waals surface area contributed by atoms with Gasteiger partial charge in [0.1, 0.15) is 5.75 Å². The lowest BCUT2D eigenvalue weighted by atomic mass is 10.0. The molecule has 1 heterocycles. The fraction of sp³-hybridized carbons (Fsp3) is 0.0588. The van der Waals surface area contributed by atoms with Gasteiger partial charge in [-0.05, 0) is 34.9 Å². The number of hydrogen-bond acceptors (Lipinski definition) is 3. The third-order valence-electron chi connectivity index (χ3n) is 2.78. The summed E-state index contributed by atoms with van der Waals surface area (Å²) in [5.41, 5.74) is 2.80. The minimum atomic E-state index is 0.793. The van der Waals surface area contributed by atoms with E-state index in [1.807, 2.05) is 48.6 Å². The molecule has 0 N–H and O–H groups in total. The molecule has 0 amide bonds. The Balaban J connectivity index is 2.26. The number of benzene rings is 1. The van der Waals surface area contributed by atoms with Gasteiger partial charge in [-0.1, -0.05) is 30.4 Å². The molecule has 0 aliphatic carbocycles. The average molecular weight is 262 g/mol. The van der Waals surface area contributed by atoms with Gasteiger partial charge in [0.2, 0.25) is 0 Å². The van der Waals surface area contributed by atoms with Crippen LogP contribution in [-0.2, 0) is 0 Å². The number of ether oxygens (including phenoxy) is 1. The molecule has 0 radical (unpaired) electrons. The predicted molar refractivity (Wildman–Crippen MR) is 79.9 cm³/mol. The Labute approximate surface area is 118 Å². The fourth-order valence-electron chi connectivity index (χ4n) is 1.74. The second kappa shape index (κ2) is 6.91. The second-order valence-corrected chi connectivity index (χ2v) is 4.08. The van der Waals surface area contributed by atoms with Crippen molar-refractivity contribution in [3.8, 4) is 11.8 Å². The number of rotatable bonds is 4. The van der Waals surface area contributed by atoms with Gasteiger partial charge in [0, 0.05) is 18.5 Å². The molecule has 0 bridgehead atoms. The summed E-state index contributed by atoms with van der Waals surface area (Å²) in [5.74, 6) is 0.793. The van der Waals surface area contributed by atoms with E-state index in [1.54, 1.807) is 19.5 Å². The first kappa shape index (κ1) is 13.6. The Morgan fingerprint density at radius 2 is 2.05 bits per heavy atom. The van der Waals surface area contributed by atoms with E-state index in [0.29, 0.717) is 0 Å². The van der Waals surface area contributed by atoms with Crippen LogP contribution in [0.25, 0.3) is 11.6 Å². The van der Waals surface area contributed by atoms with Crippen LogP contribution in [0.2, 0.25) is 0 Å². The Morgan fingerprint density at radius 3 is 2.65 bits per heavy atom. The molecule has 0 atom stereocenters. The first-order valence-corrected chi connectivity index (χ1v) is 6.16. The van der Waals surface area contributed by atoms with Crippen LogP contribution in [0.1, 0.15) is 11.1 Å². The maximum atomic E-state index is 8.90. The summed E-state index contributed by atoms with van der Waals surface area (Å²) in [6, 6.07) is 13.5. The summed E-state index contributed by atoms with van der Waals surface area (Å²) < 4.78 is 5.13. The highest BCUT2D eigenvalue weighted by molar-refractivity contribution is 5.80. The molecular weight excluding hydrogens is 248 g/mol. The molecule has 0 fully saturated rings. The summed E-state index contributed by atoms with van der Waals surface area (Å²) >= 11 is 0. The molecule has 0 aliphatic rings. The van der Waals surface area contributed by atoms with E-state index in [4.69, 9.17) is 10.00 Å². The number of methoxy groups -OCH3 is 1. The van der Waals surface area contributed by atoms with E-state index in [9.17, 15) is 0 Å². The zero-order valence-corrected chi connectivity index (χ0v) is 11.2. The highest BCUT2D eigenvalue weighted by atomic mass is 16.5. The minimum Gasteiger partial charge on any atom is -0.497 e. The van der Waals surface area contributed by atoms with Crippen LogP contribution >= 0.6 is 0 Å². The second-order valence-electron chi connectivity index (χ2n) is 4.08. The van der Waals surface area contributed by atoms with Gasteiger partial charge in [0.15, 0.2) is 0 Å². The lowest BCUT2D eigenvalue weighted by Crippen LogP contribution is -1.85. The molecule has 2 aromatic rings. The monoisotopic (exact) mass is 262 g/mol. The third-order valence-corrected chi connectivity index (χ3v) is 2.78. The van der Waals surface area contributed by atoms with Crippen molar-refractivity contribution < 1.29 is 4.74 Å². The lowest BCUT2D eigenvalue weighted by Gasteiger charge is -2.03. The van der Waals surface area contributed by atoms with E-state index < -0.39 is 0 Å². The van der Waals surface area contributed by atoms with Gasteiger partial charge < -0.3 is 4.74 Å². The number of hydrogen-bond donors (Lipinski definition) is 0. The topological polar surface area (TPSA) is 45.9 Å². The molecule has 3 nitrogen and oxygen atoms in total. The van der Waals surface area contributed by atoms with E-state index in [0.717, 1.165) is 22.4 Å². The Kier molecular flexibility index (Phi) is 4.69. The first-order valence-electron chi connectivity index (χ1n) is 6.16. The zero-order valence-electron chi connectivity index (χ0n) is 11.2. The van der Waals surface area contributed by atoms with Gasteiger partial charge in [-0.25, -0.2) is 0 Å². The van der Waals surface area contributed by atoms with Crippen LogP contribution in [0.5, 0.6) is 5.75 Å². The van der Waals surface area contributed by atoms with Crippen LogP contribution in [0.15, 0.2) is 60.9 Å². The fourth-order valence-corrected chi connectivity index (χ4v) is 1.74. The third kappa shape index (κ3) is 3.56. The number of aromatic nitrogens is 1. The van der Waals surface area contributed by atoms with Crippen LogP contribution in [-0.4, -0.2) is 12.1 Å². The van der Waals surface area contributed by atoms with Gasteiger partial charge in [0.05, 0.1) is 13.2 Å². The van der Waals surface area contributed by atoms with Crippen molar-refractivity contribution in [1.82, 2.24) is 4.98 Å². The first-order chi connectivity index (χ1) is 9.83. The highest BCUT2D eigenvalue weighted by Gasteiger charge is 1.99. The standard InChI is InChI=1S/C17H14N2O/c1-20-17-8-6-15(7-9-17)16(10-11-18)5-4-14-3-2-12-19-13-14/h2-10,12-13H,1H3/b5-4+,16-10-. The van der Waals surface area contributed by atoms with E-state index >= 15 is 0 Å². The summed E-state index contributed by atoms with van der Waals surface area (Å²) in [6.45, 7) is 0.